The van der Waals surface area contributed by atoms with Gasteiger partial charge in [0.05, 0.1) is 6.04 Å². The first-order valence-electron chi connectivity index (χ1n) is 9.07. The van der Waals surface area contributed by atoms with E-state index in [4.69, 9.17) is 4.74 Å². The minimum atomic E-state index is -2.85. The first-order valence-corrected chi connectivity index (χ1v) is 9.07. The summed E-state index contributed by atoms with van der Waals surface area (Å²) in [5.41, 5.74) is 5.10. The van der Waals surface area contributed by atoms with E-state index in [1.165, 1.54) is 0 Å². The Morgan fingerprint density at radius 1 is 1.37 bits per heavy atom. The molecule has 0 saturated carbocycles. The normalized spacial score (nSPS) is 22.5. The molecule has 27 heavy (non-hydrogen) atoms. The molecule has 0 aromatic rings. The quantitative estimate of drug-likeness (QED) is 0.712. The van der Waals surface area contributed by atoms with Crippen LogP contribution in [0.15, 0.2) is 51.6 Å². The first-order chi connectivity index (χ1) is 12.6. The van der Waals surface area contributed by atoms with Gasteiger partial charge >= 0.3 is 0 Å². The molecule has 5 nitrogen and oxygen atoms in total. The summed E-state index contributed by atoms with van der Waals surface area (Å²) in [4.78, 5) is 6.39. The minimum absolute atomic E-state index is 0.135. The van der Waals surface area contributed by atoms with Crippen LogP contribution in [0.4, 0.5) is 8.78 Å². The van der Waals surface area contributed by atoms with Crippen molar-refractivity contribution in [2.75, 3.05) is 33.8 Å². The summed E-state index contributed by atoms with van der Waals surface area (Å²) >= 11 is 0. The third-order valence-electron chi connectivity index (χ3n) is 4.41. The Morgan fingerprint density at radius 2 is 2.07 bits per heavy atom. The highest BCUT2D eigenvalue weighted by Crippen LogP contribution is 2.23. The van der Waals surface area contributed by atoms with Gasteiger partial charge in [0.1, 0.15) is 0 Å². The fourth-order valence-electron chi connectivity index (χ4n) is 3.26. The molecular weight excluding hydrogens is 350 g/mol. The number of nitrogens with one attached hydrogen (secondary N) is 2. The lowest BCUT2D eigenvalue weighted by molar-refractivity contribution is -0.0564. The molecule has 2 aliphatic heterocycles. The monoisotopic (exact) mass is 380 g/mol. The predicted octanol–water partition coefficient (Wildman–Crippen LogP) is 3.20. The first kappa shape index (κ1) is 21.2. The van der Waals surface area contributed by atoms with Crippen molar-refractivity contribution in [2.45, 2.75) is 39.7 Å². The van der Waals surface area contributed by atoms with Crippen LogP contribution in [0.3, 0.4) is 0 Å². The Balaban J connectivity index is 2.02. The predicted molar refractivity (Wildman–Crippen MR) is 106 cm³/mol. The molecule has 0 spiro atoms. The SMILES string of the molecule is CNC1C=C(C)N=C(C)/C1=C/NCC1=CC(C)=C(OCC(C)(F)F)N(C)C1. The number of ether oxygens (including phenoxy) is 1. The van der Waals surface area contributed by atoms with Crippen LogP contribution in [0, 0.1) is 0 Å². The van der Waals surface area contributed by atoms with Crippen LogP contribution in [0.1, 0.15) is 27.7 Å². The van der Waals surface area contributed by atoms with Crippen molar-refractivity contribution >= 4 is 5.71 Å². The van der Waals surface area contributed by atoms with Gasteiger partial charge in [0, 0.05) is 55.8 Å². The molecular formula is C20H30F2N4O. The van der Waals surface area contributed by atoms with Crippen molar-refractivity contribution in [2.24, 2.45) is 4.99 Å². The summed E-state index contributed by atoms with van der Waals surface area (Å²) in [5.74, 6) is -2.34. The van der Waals surface area contributed by atoms with E-state index in [9.17, 15) is 8.78 Å². The molecule has 1 unspecified atom stereocenters. The van der Waals surface area contributed by atoms with Crippen molar-refractivity contribution < 1.29 is 13.5 Å². The number of halogens is 2. The molecule has 2 aliphatic rings. The highest BCUT2D eigenvalue weighted by atomic mass is 19.3. The van der Waals surface area contributed by atoms with Gasteiger partial charge in [-0.2, -0.15) is 0 Å². The van der Waals surface area contributed by atoms with Crippen molar-refractivity contribution in [3.8, 4) is 0 Å². The van der Waals surface area contributed by atoms with Crippen molar-refractivity contribution in [3.63, 3.8) is 0 Å². The summed E-state index contributed by atoms with van der Waals surface area (Å²) < 4.78 is 31.4. The number of nitrogens with zero attached hydrogens (tertiary/aromatic N) is 2. The average molecular weight is 380 g/mol. The van der Waals surface area contributed by atoms with Crippen LogP contribution in [0.5, 0.6) is 0 Å². The van der Waals surface area contributed by atoms with Crippen LogP contribution in [-0.2, 0) is 4.74 Å². The average Bonchev–Trinajstić information content (AvgIpc) is 2.54. The van der Waals surface area contributed by atoms with E-state index in [0.29, 0.717) is 19.0 Å². The van der Waals surface area contributed by atoms with Crippen LogP contribution >= 0.6 is 0 Å². The van der Waals surface area contributed by atoms with Gasteiger partial charge in [0.25, 0.3) is 5.92 Å². The second kappa shape index (κ2) is 8.69. The lowest BCUT2D eigenvalue weighted by Gasteiger charge is -2.30. The van der Waals surface area contributed by atoms with Crippen LogP contribution in [0.25, 0.3) is 0 Å². The van der Waals surface area contributed by atoms with E-state index >= 15 is 0 Å². The van der Waals surface area contributed by atoms with Gasteiger partial charge in [-0.15, -0.1) is 0 Å². The maximum absolute atomic E-state index is 13.1. The van der Waals surface area contributed by atoms with Crippen molar-refractivity contribution in [3.05, 3.63) is 46.7 Å². The number of alkyl halides is 2. The molecule has 0 aromatic heterocycles. The molecule has 0 aromatic carbocycles. The smallest absolute Gasteiger partial charge is 0.278 e. The van der Waals surface area contributed by atoms with Gasteiger partial charge < -0.3 is 20.3 Å². The van der Waals surface area contributed by atoms with E-state index < -0.39 is 12.5 Å². The zero-order valence-corrected chi connectivity index (χ0v) is 17.0. The number of likely N-dealkylation sites (N-methyl/N-ethyl adjacent to an activating group) is 2. The minimum Gasteiger partial charge on any atom is -0.472 e. The van der Waals surface area contributed by atoms with Gasteiger partial charge in [0.2, 0.25) is 0 Å². The molecule has 0 bridgehead atoms. The maximum Gasteiger partial charge on any atom is 0.278 e. The Kier molecular flexibility index (Phi) is 6.81. The number of aliphatic imine (C=N–C) groups is 1. The lowest BCUT2D eigenvalue weighted by Crippen LogP contribution is -2.33. The third-order valence-corrected chi connectivity index (χ3v) is 4.41. The second-order valence-electron chi connectivity index (χ2n) is 7.26. The van der Waals surface area contributed by atoms with E-state index in [1.54, 1.807) is 0 Å². The standard InChI is InChI=1S/C20H30F2N4O/c1-13-7-16(11-26(6)19(13)27-12-20(4,21)22)9-24-10-17-15(3)25-14(2)8-18(17)23-5/h7-8,10,18,23-24H,9,11-12H2,1-6H3/b17-10-. The van der Waals surface area contributed by atoms with Crippen molar-refractivity contribution in [1.82, 2.24) is 15.5 Å². The van der Waals surface area contributed by atoms with Crippen LogP contribution in [0.2, 0.25) is 0 Å². The summed E-state index contributed by atoms with van der Waals surface area (Å²) in [5, 5.41) is 6.63. The number of hydrogen-bond acceptors (Lipinski definition) is 5. The molecule has 2 rings (SSSR count). The van der Waals surface area contributed by atoms with Gasteiger partial charge in [-0.1, -0.05) is 6.08 Å². The number of hydrogen-bond donors (Lipinski definition) is 2. The number of rotatable bonds is 7. The Morgan fingerprint density at radius 3 is 2.67 bits per heavy atom. The Labute approximate surface area is 160 Å². The molecule has 0 fully saturated rings. The molecule has 150 valence electrons. The lowest BCUT2D eigenvalue weighted by atomic mass is 10.00. The largest absolute Gasteiger partial charge is 0.472 e. The molecule has 2 N–H and O–H groups in total. The Hall–Kier alpha value is -2.15. The molecule has 0 aliphatic carbocycles. The molecule has 0 saturated heterocycles. The summed E-state index contributed by atoms with van der Waals surface area (Å²) in [6, 6.07) is 0.135. The van der Waals surface area contributed by atoms with Gasteiger partial charge in [0.15, 0.2) is 12.5 Å². The fourth-order valence-corrected chi connectivity index (χ4v) is 3.26. The molecule has 0 radical (unpaired) electrons. The van der Waals surface area contributed by atoms with Gasteiger partial charge in [-0.05, 0) is 39.5 Å². The zero-order chi connectivity index (χ0) is 20.2. The highest BCUT2D eigenvalue weighted by Gasteiger charge is 2.25. The Bertz CT molecular complexity index is 714. The third kappa shape index (κ3) is 5.92. The maximum atomic E-state index is 13.1. The van der Waals surface area contributed by atoms with E-state index in [2.05, 4.69) is 21.7 Å². The molecule has 1 atom stereocenters. The molecule has 2 heterocycles. The highest BCUT2D eigenvalue weighted by molar-refractivity contribution is 6.01. The van der Waals surface area contributed by atoms with E-state index in [1.807, 2.05) is 52.0 Å². The zero-order valence-electron chi connectivity index (χ0n) is 17.0. The topological polar surface area (TPSA) is 48.9 Å². The van der Waals surface area contributed by atoms with Crippen LogP contribution in [-0.4, -0.2) is 56.4 Å². The summed E-state index contributed by atoms with van der Waals surface area (Å²) in [6.07, 6.45) is 6.08. The summed E-state index contributed by atoms with van der Waals surface area (Å²) in [7, 11) is 3.77. The van der Waals surface area contributed by atoms with Crippen LogP contribution < -0.4 is 10.6 Å². The number of allylic oxidation sites excluding steroid dienone is 3. The van der Waals surface area contributed by atoms with E-state index in [0.717, 1.165) is 35.1 Å². The molecule has 7 heteroatoms. The fraction of sp³-hybridized carbons (Fsp3) is 0.550. The van der Waals surface area contributed by atoms with Gasteiger partial charge in [-0.25, -0.2) is 8.78 Å². The van der Waals surface area contributed by atoms with Gasteiger partial charge in [-0.3, -0.25) is 4.99 Å². The van der Waals surface area contributed by atoms with Crippen molar-refractivity contribution in [1.29, 1.82) is 0 Å². The van der Waals surface area contributed by atoms with E-state index in [-0.39, 0.29) is 6.04 Å². The summed E-state index contributed by atoms with van der Waals surface area (Å²) in [6.45, 7) is 7.39. The second-order valence-corrected chi connectivity index (χ2v) is 7.26. The molecule has 0 amide bonds.